The van der Waals surface area contributed by atoms with Gasteiger partial charge in [-0.3, -0.25) is 0 Å². The smallest absolute Gasteiger partial charge is 0.0495 e. The van der Waals surface area contributed by atoms with Crippen molar-refractivity contribution in [3.63, 3.8) is 0 Å². The number of aryl methyl sites for hydroxylation is 1. The molecule has 1 aliphatic carbocycles. The summed E-state index contributed by atoms with van der Waals surface area (Å²) in [5.74, 6) is 0.768. The number of hydrogen-bond acceptors (Lipinski definition) is 2. The van der Waals surface area contributed by atoms with Crippen molar-refractivity contribution in [3.8, 4) is 0 Å². The average Bonchev–Trinajstić information content (AvgIpc) is 2.94. The standard InChI is InChI=1S/C18H27NO/c1-18(2)10-7-15-5-3-4-6-16(15)17(18)19-11-8-14-9-12-20-13-14/h3-6,14,17,19H,7-13H2,1-2H3. The highest BCUT2D eigenvalue weighted by atomic mass is 16.5. The van der Waals surface area contributed by atoms with Crippen LogP contribution >= 0.6 is 0 Å². The molecule has 0 spiro atoms. The molecule has 1 heterocycles. The summed E-state index contributed by atoms with van der Waals surface area (Å²) < 4.78 is 5.47. The fourth-order valence-corrected chi connectivity index (χ4v) is 3.69. The van der Waals surface area contributed by atoms with Crippen molar-refractivity contribution in [3.05, 3.63) is 35.4 Å². The molecule has 1 aromatic carbocycles. The molecule has 2 atom stereocenters. The van der Waals surface area contributed by atoms with Gasteiger partial charge in [-0.25, -0.2) is 0 Å². The molecule has 1 saturated heterocycles. The topological polar surface area (TPSA) is 21.3 Å². The molecular formula is C18H27NO. The van der Waals surface area contributed by atoms with Crippen molar-refractivity contribution < 1.29 is 4.74 Å². The zero-order valence-corrected chi connectivity index (χ0v) is 12.8. The highest BCUT2D eigenvalue weighted by Gasteiger charge is 2.35. The second-order valence-electron chi connectivity index (χ2n) is 7.09. The van der Waals surface area contributed by atoms with Crippen LogP contribution in [0.1, 0.15) is 50.3 Å². The number of fused-ring (bicyclic) bond motifs is 1. The maximum atomic E-state index is 5.47. The SMILES string of the molecule is CC1(C)CCc2ccccc2C1NCCC1CCOC1. The van der Waals surface area contributed by atoms with Crippen LogP contribution in [0.4, 0.5) is 0 Å². The number of ether oxygens (including phenoxy) is 1. The van der Waals surface area contributed by atoms with Gasteiger partial charge in [-0.1, -0.05) is 38.1 Å². The average molecular weight is 273 g/mol. The summed E-state index contributed by atoms with van der Waals surface area (Å²) in [5, 5.41) is 3.84. The van der Waals surface area contributed by atoms with Crippen LogP contribution in [0.15, 0.2) is 24.3 Å². The van der Waals surface area contributed by atoms with E-state index in [0.717, 1.165) is 25.7 Å². The van der Waals surface area contributed by atoms with E-state index in [9.17, 15) is 0 Å². The van der Waals surface area contributed by atoms with Gasteiger partial charge in [0.05, 0.1) is 0 Å². The molecular weight excluding hydrogens is 246 g/mol. The molecule has 110 valence electrons. The van der Waals surface area contributed by atoms with Gasteiger partial charge in [0.25, 0.3) is 0 Å². The molecule has 20 heavy (non-hydrogen) atoms. The summed E-state index contributed by atoms with van der Waals surface area (Å²) in [5.41, 5.74) is 3.40. The van der Waals surface area contributed by atoms with Gasteiger partial charge in [0.15, 0.2) is 0 Å². The molecule has 0 aromatic heterocycles. The summed E-state index contributed by atoms with van der Waals surface area (Å²) in [4.78, 5) is 0. The maximum absolute atomic E-state index is 5.47. The van der Waals surface area contributed by atoms with E-state index in [2.05, 4.69) is 43.4 Å². The molecule has 0 bridgehead atoms. The number of hydrogen-bond donors (Lipinski definition) is 1. The third kappa shape index (κ3) is 2.91. The minimum Gasteiger partial charge on any atom is -0.381 e. The Morgan fingerprint density at radius 3 is 2.95 bits per heavy atom. The van der Waals surface area contributed by atoms with E-state index >= 15 is 0 Å². The molecule has 1 aromatic rings. The van der Waals surface area contributed by atoms with Gasteiger partial charge in [0, 0.05) is 19.3 Å². The maximum Gasteiger partial charge on any atom is 0.0495 e. The fourth-order valence-electron chi connectivity index (χ4n) is 3.69. The van der Waals surface area contributed by atoms with Crippen LogP contribution in [-0.2, 0) is 11.2 Å². The molecule has 0 amide bonds. The molecule has 2 unspecified atom stereocenters. The van der Waals surface area contributed by atoms with Crippen molar-refractivity contribution in [1.29, 1.82) is 0 Å². The number of benzene rings is 1. The molecule has 0 radical (unpaired) electrons. The Hall–Kier alpha value is -0.860. The molecule has 2 heteroatoms. The van der Waals surface area contributed by atoms with Gasteiger partial charge < -0.3 is 10.1 Å². The first-order valence-corrected chi connectivity index (χ1v) is 8.06. The van der Waals surface area contributed by atoms with Crippen molar-refractivity contribution >= 4 is 0 Å². The van der Waals surface area contributed by atoms with Crippen LogP contribution in [0, 0.1) is 11.3 Å². The first-order valence-electron chi connectivity index (χ1n) is 8.06. The predicted octanol–water partition coefficient (Wildman–Crippen LogP) is 3.72. The van der Waals surface area contributed by atoms with Gasteiger partial charge in [-0.05, 0) is 54.7 Å². The van der Waals surface area contributed by atoms with E-state index < -0.39 is 0 Å². The third-order valence-corrected chi connectivity index (χ3v) is 5.11. The minimum absolute atomic E-state index is 0.348. The highest BCUT2D eigenvalue weighted by molar-refractivity contribution is 5.34. The molecule has 1 aliphatic heterocycles. The van der Waals surface area contributed by atoms with Gasteiger partial charge in [0.2, 0.25) is 0 Å². The molecule has 2 aliphatic rings. The lowest BCUT2D eigenvalue weighted by Crippen LogP contribution is -2.39. The molecule has 0 saturated carbocycles. The first-order chi connectivity index (χ1) is 9.67. The van der Waals surface area contributed by atoms with Gasteiger partial charge in [-0.2, -0.15) is 0 Å². The fraction of sp³-hybridized carbons (Fsp3) is 0.667. The van der Waals surface area contributed by atoms with Crippen LogP contribution in [0.2, 0.25) is 0 Å². The Labute approximate surface area is 122 Å². The van der Waals surface area contributed by atoms with Crippen LogP contribution in [0.3, 0.4) is 0 Å². The van der Waals surface area contributed by atoms with E-state index in [1.807, 2.05) is 0 Å². The molecule has 1 N–H and O–H groups in total. The Bertz CT molecular complexity index is 448. The minimum atomic E-state index is 0.348. The molecule has 1 fully saturated rings. The highest BCUT2D eigenvalue weighted by Crippen LogP contribution is 2.43. The first kappa shape index (κ1) is 14.1. The summed E-state index contributed by atoms with van der Waals surface area (Å²) in [6.07, 6.45) is 4.98. The van der Waals surface area contributed by atoms with Crippen LogP contribution in [-0.4, -0.2) is 19.8 Å². The van der Waals surface area contributed by atoms with Crippen molar-refractivity contribution in [2.24, 2.45) is 11.3 Å². The van der Waals surface area contributed by atoms with Crippen LogP contribution < -0.4 is 5.32 Å². The summed E-state index contributed by atoms with van der Waals surface area (Å²) in [6, 6.07) is 9.45. The Kier molecular flexibility index (Phi) is 4.13. The van der Waals surface area contributed by atoms with Gasteiger partial charge in [0.1, 0.15) is 0 Å². The van der Waals surface area contributed by atoms with E-state index in [-0.39, 0.29) is 0 Å². The largest absolute Gasteiger partial charge is 0.381 e. The molecule has 3 rings (SSSR count). The van der Waals surface area contributed by atoms with Crippen LogP contribution in [0.5, 0.6) is 0 Å². The van der Waals surface area contributed by atoms with Crippen molar-refractivity contribution in [2.45, 2.75) is 45.6 Å². The third-order valence-electron chi connectivity index (χ3n) is 5.11. The van der Waals surface area contributed by atoms with Crippen LogP contribution in [0.25, 0.3) is 0 Å². The monoisotopic (exact) mass is 273 g/mol. The van der Waals surface area contributed by atoms with Crippen molar-refractivity contribution in [1.82, 2.24) is 5.32 Å². The van der Waals surface area contributed by atoms with Gasteiger partial charge in [-0.15, -0.1) is 0 Å². The van der Waals surface area contributed by atoms with E-state index in [1.54, 1.807) is 0 Å². The number of rotatable bonds is 4. The van der Waals surface area contributed by atoms with Crippen molar-refractivity contribution in [2.75, 3.05) is 19.8 Å². The zero-order valence-electron chi connectivity index (χ0n) is 12.8. The van der Waals surface area contributed by atoms with E-state index in [1.165, 1.54) is 36.8 Å². The van der Waals surface area contributed by atoms with E-state index in [0.29, 0.717) is 11.5 Å². The Morgan fingerprint density at radius 2 is 2.15 bits per heavy atom. The van der Waals surface area contributed by atoms with E-state index in [4.69, 9.17) is 4.74 Å². The second kappa shape index (κ2) is 5.87. The zero-order chi connectivity index (χ0) is 14.0. The lowest BCUT2D eigenvalue weighted by atomic mass is 9.70. The second-order valence-corrected chi connectivity index (χ2v) is 7.09. The Balaban J connectivity index is 1.66. The molecule has 2 nitrogen and oxygen atoms in total. The lowest BCUT2D eigenvalue weighted by Gasteiger charge is -2.41. The Morgan fingerprint density at radius 1 is 1.30 bits per heavy atom. The predicted molar refractivity (Wildman–Crippen MR) is 82.8 cm³/mol. The van der Waals surface area contributed by atoms with Gasteiger partial charge >= 0.3 is 0 Å². The summed E-state index contributed by atoms with van der Waals surface area (Å²) >= 11 is 0. The summed E-state index contributed by atoms with van der Waals surface area (Å²) in [6.45, 7) is 7.84. The quantitative estimate of drug-likeness (QED) is 0.903. The normalized spacial score (nSPS) is 28.3. The summed E-state index contributed by atoms with van der Waals surface area (Å²) in [7, 11) is 0. The lowest BCUT2D eigenvalue weighted by molar-refractivity contribution is 0.180. The number of nitrogens with one attached hydrogen (secondary N) is 1.